The number of thioether (sulfide) groups is 1. The highest BCUT2D eigenvalue weighted by molar-refractivity contribution is 8.03. The van der Waals surface area contributed by atoms with Crippen molar-refractivity contribution in [3.63, 3.8) is 0 Å². The Hall–Kier alpha value is -1.17. The Labute approximate surface area is 114 Å². The van der Waals surface area contributed by atoms with Gasteiger partial charge >= 0.3 is 11.5 Å². The van der Waals surface area contributed by atoms with Crippen LogP contribution in [0.3, 0.4) is 0 Å². The highest BCUT2D eigenvalue weighted by atomic mass is 32.2. The summed E-state index contributed by atoms with van der Waals surface area (Å²) in [5, 5.41) is 0. The van der Waals surface area contributed by atoms with E-state index in [2.05, 4.69) is 0 Å². The Balaban J connectivity index is 2.63. The molecule has 0 unspecified atom stereocenters. The molecule has 2 nitrogen and oxygen atoms in total. The second kappa shape index (κ2) is 7.43. The van der Waals surface area contributed by atoms with Gasteiger partial charge in [0, 0.05) is 6.08 Å². The third-order valence-corrected chi connectivity index (χ3v) is 3.17. The first-order valence-electron chi connectivity index (χ1n) is 5.91. The maximum atomic E-state index is 12.2. The van der Waals surface area contributed by atoms with Crippen molar-refractivity contribution in [2.24, 2.45) is 0 Å². The Kier molecular flexibility index (Phi) is 6.21. The lowest BCUT2D eigenvalue weighted by molar-refractivity contribution is -0.137. The highest BCUT2D eigenvalue weighted by Crippen LogP contribution is 2.39. The van der Waals surface area contributed by atoms with Crippen LogP contribution in [-0.4, -0.2) is 18.1 Å². The van der Waals surface area contributed by atoms with Crippen molar-refractivity contribution in [1.82, 2.24) is 0 Å². The van der Waals surface area contributed by atoms with E-state index in [1.807, 2.05) is 0 Å². The Morgan fingerprint density at radius 2 is 2.16 bits per heavy atom. The van der Waals surface area contributed by atoms with Gasteiger partial charge < -0.3 is 4.74 Å². The molecule has 0 atom stereocenters. The summed E-state index contributed by atoms with van der Waals surface area (Å²) in [6, 6.07) is 0. The molecule has 0 aromatic carbocycles. The highest BCUT2D eigenvalue weighted by Gasteiger charge is 2.30. The molecule has 0 radical (unpaired) electrons. The molecule has 0 aliphatic heterocycles. The zero-order valence-electron chi connectivity index (χ0n) is 10.5. The van der Waals surface area contributed by atoms with Gasteiger partial charge in [0.2, 0.25) is 0 Å². The van der Waals surface area contributed by atoms with E-state index in [9.17, 15) is 18.0 Å². The first-order chi connectivity index (χ1) is 8.90. The van der Waals surface area contributed by atoms with Crippen molar-refractivity contribution in [3.05, 3.63) is 34.8 Å². The van der Waals surface area contributed by atoms with E-state index in [0.29, 0.717) is 30.8 Å². The molecule has 19 heavy (non-hydrogen) atoms. The van der Waals surface area contributed by atoms with Gasteiger partial charge in [-0.3, -0.25) is 0 Å². The van der Waals surface area contributed by atoms with Crippen molar-refractivity contribution >= 4 is 17.7 Å². The average molecular weight is 292 g/mol. The molecule has 0 saturated heterocycles. The van der Waals surface area contributed by atoms with Crippen LogP contribution in [0.4, 0.5) is 13.2 Å². The predicted molar refractivity (Wildman–Crippen MR) is 69.4 cm³/mol. The normalized spacial score (nSPS) is 16.8. The number of carbonyl (C=O) groups is 1. The maximum absolute atomic E-state index is 12.2. The average Bonchev–Trinajstić information content (AvgIpc) is 2.50. The summed E-state index contributed by atoms with van der Waals surface area (Å²) in [6.07, 6.45) is 7.66. The first-order valence-corrected chi connectivity index (χ1v) is 6.72. The zero-order valence-corrected chi connectivity index (χ0v) is 11.3. The molecule has 1 aliphatic carbocycles. The second-order valence-corrected chi connectivity index (χ2v) is 5.05. The van der Waals surface area contributed by atoms with E-state index in [4.69, 9.17) is 4.74 Å². The minimum Gasteiger partial charge on any atom is -0.463 e. The van der Waals surface area contributed by atoms with Crippen LogP contribution < -0.4 is 0 Å². The van der Waals surface area contributed by atoms with Crippen LogP contribution in [0, 0.1) is 0 Å². The standard InChI is InChI=1S/C13H15F3O2S/c1-2-18-12(17)9-7-10-4-3-5-11(8-6-10)19-13(14,15)16/h6-9H,2-5H2,1H3/b9-7+. The van der Waals surface area contributed by atoms with Crippen LogP contribution in [0.5, 0.6) is 0 Å². The van der Waals surface area contributed by atoms with Gasteiger partial charge in [0.05, 0.1) is 6.61 Å². The fraction of sp³-hybridized carbons (Fsp3) is 0.462. The van der Waals surface area contributed by atoms with Crippen molar-refractivity contribution < 1.29 is 22.7 Å². The van der Waals surface area contributed by atoms with E-state index in [1.165, 1.54) is 12.2 Å². The van der Waals surface area contributed by atoms with Gasteiger partial charge in [0.15, 0.2) is 0 Å². The summed E-state index contributed by atoms with van der Waals surface area (Å²) in [5.41, 5.74) is -3.42. The monoisotopic (exact) mass is 292 g/mol. The molecular weight excluding hydrogens is 277 g/mol. The minimum atomic E-state index is -4.25. The number of allylic oxidation sites excluding steroid dienone is 5. The number of alkyl halides is 3. The van der Waals surface area contributed by atoms with Gasteiger partial charge in [-0.2, -0.15) is 13.2 Å². The summed E-state index contributed by atoms with van der Waals surface area (Å²) in [5.74, 6) is -0.443. The van der Waals surface area contributed by atoms with Gasteiger partial charge in [-0.1, -0.05) is 18.2 Å². The van der Waals surface area contributed by atoms with Gasteiger partial charge in [0.25, 0.3) is 0 Å². The zero-order chi connectivity index (χ0) is 14.3. The number of hydrogen-bond donors (Lipinski definition) is 0. The predicted octanol–water partition coefficient (Wildman–Crippen LogP) is 4.35. The number of rotatable bonds is 4. The fourth-order valence-electron chi connectivity index (χ4n) is 1.57. The van der Waals surface area contributed by atoms with Crippen LogP contribution in [0.15, 0.2) is 34.8 Å². The minimum absolute atomic E-state index is 0.0736. The number of esters is 1. The summed E-state index contributed by atoms with van der Waals surface area (Å²) in [7, 11) is 0. The molecule has 0 amide bonds. The smallest absolute Gasteiger partial charge is 0.446 e. The second-order valence-electron chi connectivity index (χ2n) is 3.86. The number of ether oxygens (including phenoxy) is 1. The van der Waals surface area contributed by atoms with Crippen molar-refractivity contribution in [2.45, 2.75) is 31.7 Å². The topological polar surface area (TPSA) is 26.3 Å². The maximum Gasteiger partial charge on any atom is 0.446 e. The molecule has 0 aromatic heterocycles. The number of halogens is 3. The quantitative estimate of drug-likeness (QED) is 0.569. The van der Waals surface area contributed by atoms with Crippen LogP contribution in [0.25, 0.3) is 0 Å². The molecule has 0 N–H and O–H groups in total. The molecule has 106 valence electrons. The van der Waals surface area contributed by atoms with Crippen LogP contribution in [0.1, 0.15) is 26.2 Å². The summed E-state index contributed by atoms with van der Waals surface area (Å²) in [6.45, 7) is 2.01. The molecule has 0 heterocycles. The SMILES string of the molecule is CCOC(=O)/C=C/C1=CC=C(SC(F)(F)F)CCC1. The van der Waals surface area contributed by atoms with Crippen LogP contribution in [-0.2, 0) is 9.53 Å². The van der Waals surface area contributed by atoms with E-state index < -0.39 is 11.5 Å². The largest absolute Gasteiger partial charge is 0.463 e. The molecule has 0 saturated carbocycles. The van der Waals surface area contributed by atoms with Crippen molar-refractivity contribution in [2.75, 3.05) is 6.61 Å². The lowest BCUT2D eigenvalue weighted by atomic mass is 10.1. The van der Waals surface area contributed by atoms with Gasteiger partial charge in [-0.25, -0.2) is 4.79 Å². The van der Waals surface area contributed by atoms with Gasteiger partial charge in [-0.05, 0) is 48.4 Å². The van der Waals surface area contributed by atoms with E-state index >= 15 is 0 Å². The van der Waals surface area contributed by atoms with Crippen LogP contribution >= 0.6 is 11.8 Å². The lowest BCUT2D eigenvalue weighted by Crippen LogP contribution is -2.00. The fourth-order valence-corrected chi connectivity index (χ4v) is 2.25. The Bertz CT molecular complexity index is 409. The van der Waals surface area contributed by atoms with Crippen LogP contribution in [0.2, 0.25) is 0 Å². The molecule has 1 rings (SSSR count). The first kappa shape index (κ1) is 15.9. The summed E-state index contributed by atoms with van der Waals surface area (Å²) in [4.78, 5) is 11.4. The van der Waals surface area contributed by atoms with Crippen molar-refractivity contribution in [1.29, 1.82) is 0 Å². The molecule has 0 spiro atoms. The molecule has 0 fully saturated rings. The van der Waals surface area contributed by atoms with E-state index in [1.54, 1.807) is 19.1 Å². The Morgan fingerprint density at radius 3 is 2.79 bits per heavy atom. The molecule has 1 aliphatic rings. The number of hydrogen-bond acceptors (Lipinski definition) is 3. The molecule has 0 bridgehead atoms. The molecule has 0 aromatic rings. The summed E-state index contributed by atoms with van der Waals surface area (Å²) < 4.78 is 41.4. The van der Waals surface area contributed by atoms with Gasteiger partial charge in [0.1, 0.15) is 0 Å². The van der Waals surface area contributed by atoms with Crippen molar-refractivity contribution in [3.8, 4) is 0 Å². The third-order valence-electron chi connectivity index (χ3n) is 2.34. The lowest BCUT2D eigenvalue weighted by Gasteiger charge is -2.07. The van der Waals surface area contributed by atoms with Gasteiger partial charge in [-0.15, -0.1) is 0 Å². The number of carbonyl (C=O) groups excluding carboxylic acids is 1. The molecule has 6 heteroatoms. The third kappa shape index (κ3) is 7.10. The van der Waals surface area contributed by atoms with E-state index in [0.717, 1.165) is 5.57 Å². The molecular formula is C13H15F3O2S. The summed E-state index contributed by atoms with van der Waals surface area (Å²) >= 11 is -0.0736. The Morgan fingerprint density at radius 1 is 1.42 bits per heavy atom. The van der Waals surface area contributed by atoms with E-state index in [-0.39, 0.29) is 11.8 Å².